The van der Waals surface area contributed by atoms with Crippen LogP contribution in [-0.4, -0.2) is 65.8 Å². The number of nitrogens with one attached hydrogen (secondary N) is 1. The highest BCUT2D eigenvalue weighted by Gasteiger charge is 2.24. The molecule has 0 fully saturated rings. The topological polar surface area (TPSA) is 131 Å². The Kier molecular flexibility index (Phi) is 11.1. The van der Waals surface area contributed by atoms with E-state index in [0.717, 1.165) is 50.8 Å². The van der Waals surface area contributed by atoms with Gasteiger partial charge in [-0.15, -0.1) is 11.8 Å². The van der Waals surface area contributed by atoms with Crippen molar-refractivity contribution in [1.29, 1.82) is 0 Å². The summed E-state index contributed by atoms with van der Waals surface area (Å²) in [6.45, 7) is 3.20. The average molecular weight is 683 g/mol. The number of fused-ring (bicyclic) bond motifs is 1. The summed E-state index contributed by atoms with van der Waals surface area (Å²) in [5, 5.41) is 7.72. The Labute approximate surface area is 277 Å². The van der Waals surface area contributed by atoms with Gasteiger partial charge in [-0.05, 0) is 61.4 Å². The fourth-order valence-electron chi connectivity index (χ4n) is 5.16. The molecule has 0 atom stereocenters. The predicted octanol–water partition coefficient (Wildman–Crippen LogP) is 5.87. The van der Waals surface area contributed by atoms with Crippen LogP contribution in [0.1, 0.15) is 40.7 Å². The van der Waals surface area contributed by atoms with E-state index in [1.807, 2.05) is 60.5 Å². The lowest BCUT2D eigenvalue weighted by Crippen LogP contribution is -2.32. The van der Waals surface area contributed by atoms with E-state index in [-0.39, 0.29) is 12.5 Å². The first-order chi connectivity index (χ1) is 22.1. The highest BCUT2D eigenvalue weighted by molar-refractivity contribution is 7.99. The fourth-order valence-corrected chi connectivity index (χ4v) is 6.83. The van der Waals surface area contributed by atoms with E-state index in [0.29, 0.717) is 43.1 Å². The van der Waals surface area contributed by atoms with Gasteiger partial charge in [-0.25, -0.2) is 0 Å². The lowest BCUT2D eigenvalue weighted by molar-refractivity contribution is -0.118. The van der Waals surface area contributed by atoms with Gasteiger partial charge in [-0.3, -0.25) is 18.8 Å². The molecule has 0 saturated heterocycles. The first kappa shape index (κ1) is 33.5. The number of carbonyl (C=O) groups excluding carboxylic acids is 2. The van der Waals surface area contributed by atoms with E-state index >= 15 is 0 Å². The van der Waals surface area contributed by atoms with E-state index in [2.05, 4.69) is 10.4 Å². The summed E-state index contributed by atoms with van der Waals surface area (Å²) in [6, 6.07) is 18.5. The highest BCUT2D eigenvalue weighted by atomic mass is 35.5. The third kappa shape index (κ3) is 8.69. The zero-order valence-electron chi connectivity index (χ0n) is 25.3. The van der Waals surface area contributed by atoms with Gasteiger partial charge in [0.05, 0.1) is 30.8 Å². The smallest absolute Gasteiger partial charge is 0.266 e. The molecule has 3 aromatic carbocycles. The minimum atomic E-state index is -4.16. The van der Waals surface area contributed by atoms with Gasteiger partial charge in [0, 0.05) is 57.9 Å². The van der Waals surface area contributed by atoms with Crippen molar-refractivity contribution in [2.24, 2.45) is 0 Å². The molecule has 10 nitrogen and oxygen atoms in total. The van der Waals surface area contributed by atoms with Crippen molar-refractivity contribution in [2.75, 3.05) is 36.1 Å². The number of amides is 2. The zero-order chi connectivity index (χ0) is 32.7. The molecule has 0 unspecified atom stereocenters. The number of thioether (sulfide) groups is 1. The van der Waals surface area contributed by atoms with Gasteiger partial charge in [0.1, 0.15) is 5.75 Å². The highest BCUT2D eigenvalue weighted by Crippen LogP contribution is 2.41. The number of benzene rings is 3. The van der Waals surface area contributed by atoms with Crippen LogP contribution in [0.15, 0.2) is 78.0 Å². The van der Waals surface area contributed by atoms with E-state index in [1.54, 1.807) is 40.8 Å². The van der Waals surface area contributed by atoms with Gasteiger partial charge in [0.2, 0.25) is 5.91 Å². The third-order valence-electron chi connectivity index (χ3n) is 7.49. The number of ether oxygens (including phenoxy) is 1. The largest absolute Gasteiger partial charge is 0.493 e. The molecule has 0 radical (unpaired) electrons. The molecule has 0 spiro atoms. The minimum absolute atomic E-state index is 0.0601. The molecule has 242 valence electrons. The maximum Gasteiger partial charge on any atom is 0.266 e. The quantitative estimate of drug-likeness (QED) is 0.140. The summed E-state index contributed by atoms with van der Waals surface area (Å²) in [5.74, 6) is 0.691. The molecule has 13 heteroatoms. The molecule has 1 aromatic heterocycles. The molecule has 46 heavy (non-hydrogen) atoms. The van der Waals surface area contributed by atoms with Crippen LogP contribution in [0.25, 0.3) is 11.1 Å². The molecule has 2 amide bonds. The molecule has 0 saturated carbocycles. The number of anilines is 1. The number of hydrogen-bond donors (Lipinski definition) is 2. The van der Waals surface area contributed by atoms with Crippen LogP contribution in [0.2, 0.25) is 5.02 Å². The SMILES string of the molecule is Cc1c(Cl)cccc1OCCCC(=O)N1CCCSc2c(-c3cnn(Cc4cccc(C(=O)NCCS(=O)(=O)O)c4)c3)cccc21. The number of nitrogens with zero attached hydrogens (tertiary/aromatic N) is 3. The Balaban J connectivity index is 1.24. The first-order valence-electron chi connectivity index (χ1n) is 14.9. The standard InChI is InChI=1S/C33H35ClN4O6S2/c1-23-28(34)10-4-12-30(23)44-16-5-13-31(39)38-15-6-17-45-32-27(9-3-11-29(32)38)26-20-36-37(22-26)21-24-7-2-8-25(19-24)33(40)35-14-18-46(41,42)43/h2-4,7-12,19-20,22H,5-6,13-18,21H2,1H3,(H,35,40)(H,41,42,43). The van der Waals surface area contributed by atoms with Gasteiger partial charge in [-0.2, -0.15) is 13.5 Å². The number of halogens is 1. The lowest BCUT2D eigenvalue weighted by Gasteiger charge is -2.23. The number of aromatic nitrogens is 2. The van der Waals surface area contributed by atoms with Crippen LogP contribution in [-0.2, 0) is 21.5 Å². The molecule has 4 aromatic rings. The van der Waals surface area contributed by atoms with Crippen molar-refractivity contribution in [3.8, 4) is 16.9 Å². The summed E-state index contributed by atoms with van der Waals surface area (Å²) in [5.41, 5.74) is 4.92. The van der Waals surface area contributed by atoms with Crippen LogP contribution >= 0.6 is 23.4 Å². The van der Waals surface area contributed by atoms with Crippen LogP contribution < -0.4 is 15.0 Å². The number of carbonyl (C=O) groups is 2. The van der Waals surface area contributed by atoms with Crippen molar-refractivity contribution in [3.63, 3.8) is 0 Å². The van der Waals surface area contributed by atoms with Crippen LogP contribution in [0.3, 0.4) is 0 Å². The van der Waals surface area contributed by atoms with Crippen molar-refractivity contribution in [1.82, 2.24) is 15.1 Å². The Hall–Kier alpha value is -3.84. The van der Waals surface area contributed by atoms with Crippen molar-refractivity contribution >= 4 is 51.0 Å². The number of rotatable bonds is 12. The Morgan fingerprint density at radius 1 is 1.13 bits per heavy atom. The van der Waals surface area contributed by atoms with Crippen molar-refractivity contribution in [2.45, 2.75) is 37.6 Å². The van der Waals surface area contributed by atoms with Gasteiger partial charge in [0.15, 0.2) is 0 Å². The predicted molar refractivity (Wildman–Crippen MR) is 181 cm³/mol. The second-order valence-corrected chi connectivity index (χ2v) is 14.0. The minimum Gasteiger partial charge on any atom is -0.493 e. The van der Waals surface area contributed by atoms with Crippen molar-refractivity contribution in [3.05, 3.63) is 94.8 Å². The molecule has 1 aliphatic heterocycles. The van der Waals surface area contributed by atoms with E-state index in [1.165, 1.54) is 0 Å². The van der Waals surface area contributed by atoms with Gasteiger partial charge in [-0.1, -0.05) is 41.9 Å². The van der Waals surface area contributed by atoms with E-state index in [4.69, 9.17) is 20.9 Å². The third-order valence-corrected chi connectivity index (χ3v) is 9.83. The molecular formula is C33H35ClN4O6S2. The molecule has 0 aliphatic carbocycles. The summed E-state index contributed by atoms with van der Waals surface area (Å²) >= 11 is 7.94. The van der Waals surface area contributed by atoms with E-state index in [9.17, 15) is 18.0 Å². The zero-order valence-corrected chi connectivity index (χ0v) is 27.7. The van der Waals surface area contributed by atoms with Gasteiger partial charge >= 0.3 is 0 Å². The monoisotopic (exact) mass is 682 g/mol. The first-order valence-corrected chi connectivity index (χ1v) is 17.9. The molecule has 0 bridgehead atoms. The van der Waals surface area contributed by atoms with Crippen molar-refractivity contribution < 1.29 is 27.3 Å². The second-order valence-electron chi connectivity index (χ2n) is 10.9. The van der Waals surface area contributed by atoms with Crippen LogP contribution in [0, 0.1) is 6.92 Å². The molecule has 2 N–H and O–H groups in total. The summed E-state index contributed by atoms with van der Waals surface area (Å²) < 4.78 is 38.4. The number of hydrogen-bond acceptors (Lipinski definition) is 7. The summed E-state index contributed by atoms with van der Waals surface area (Å²) in [7, 11) is -4.16. The van der Waals surface area contributed by atoms with Gasteiger partial charge in [0.25, 0.3) is 16.0 Å². The molecule has 5 rings (SSSR count). The summed E-state index contributed by atoms with van der Waals surface area (Å²) in [6.07, 6.45) is 5.57. The Bertz CT molecular complexity index is 1830. The second kappa shape index (κ2) is 15.2. The molecule has 1 aliphatic rings. The average Bonchev–Trinajstić information content (AvgIpc) is 3.37. The fraction of sp³-hybridized carbons (Fsp3) is 0.303. The van der Waals surface area contributed by atoms with Gasteiger partial charge < -0.3 is 15.0 Å². The maximum atomic E-state index is 13.4. The molecular weight excluding hydrogens is 648 g/mol. The Morgan fingerprint density at radius 3 is 2.76 bits per heavy atom. The summed E-state index contributed by atoms with van der Waals surface area (Å²) in [4.78, 5) is 28.8. The van der Waals surface area contributed by atoms with E-state index < -0.39 is 21.8 Å². The lowest BCUT2D eigenvalue weighted by atomic mass is 10.1. The van der Waals surface area contributed by atoms with Crippen LogP contribution in [0.4, 0.5) is 5.69 Å². The maximum absolute atomic E-state index is 13.4. The molecule has 2 heterocycles. The van der Waals surface area contributed by atoms with Crippen LogP contribution in [0.5, 0.6) is 5.75 Å². The Morgan fingerprint density at radius 2 is 1.93 bits per heavy atom. The normalized spacial score (nSPS) is 13.2.